The molecule has 0 radical (unpaired) electrons. The Kier molecular flexibility index (Phi) is 8.83. The fourth-order valence-electron chi connectivity index (χ4n) is 7.62. The number of piperidine rings is 2. The summed E-state index contributed by atoms with van der Waals surface area (Å²) >= 11 is 0. The van der Waals surface area contributed by atoms with Gasteiger partial charge in [-0.3, -0.25) is 34.1 Å². The van der Waals surface area contributed by atoms with Crippen molar-refractivity contribution in [3.05, 3.63) is 58.5 Å². The van der Waals surface area contributed by atoms with E-state index in [1.54, 1.807) is 15.4 Å². The molecule has 1 atom stereocenters. The number of likely N-dealkylation sites (tertiary alicyclic amines) is 1. The summed E-state index contributed by atoms with van der Waals surface area (Å²) in [7, 11) is 0. The molecule has 0 saturated carbocycles. The zero-order valence-electron chi connectivity index (χ0n) is 27.9. The molecule has 51 heavy (non-hydrogen) atoms. The van der Waals surface area contributed by atoms with E-state index in [4.69, 9.17) is 9.73 Å². The minimum atomic E-state index is -2.88. The van der Waals surface area contributed by atoms with Crippen LogP contribution >= 0.6 is 0 Å². The van der Waals surface area contributed by atoms with Crippen LogP contribution in [0.1, 0.15) is 82.1 Å². The summed E-state index contributed by atoms with van der Waals surface area (Å²) in [4.78, 5) is 61.1. The average molecular weight is 705 g/mol. The van der Waals surface area contributed by atoms with Crippen LogP contribution in [0.3, 0.4) is 0 Å². The van der Waals surface area contributed by atoms with Crippen molar-refractivity contribution >= 4 is 41.0 Å². The van der Waals surface area contributed by atoms with E-state index in [2.05, 4.69) is 30.6 Å². The number of aryl methyl sites for hydroxylation is 1. The highest BCUT2D eigenvalue weighted by atomic mass is 19.3. The monoisotopic (exact) mass is 704 g/mol. The molecule has 1 unspecified atom stereocenters. The van der Waals surface area contributed by atoms with E-state index in [0.29, 0.717) is 96.1 Å². The summed E-state index contributed by atoms with van der Waals surface area (Å²) in [5.74, 6) is -0.279. The van der Waals surface area contributed by atoms with Gasteiger partial charge < -0.3 is 19.9 Å². The van der Waals surface area contributed by atoms with Crippen LogP contribution in [0.5, 0.6) is 0 Å². The Labute approximate surface area is 291 Å². The molecular formula is C34H38F2N10O5. The smallest absolute Gasteiger partial charge is 0.284 e. The van der Waals surface area contributed by atoms with Crippen molar-refractivity contribution in [3.63, 3.8) is 0 Å². The molecular weight excluding hydrogens is 666 g/mol. The number of morpholine rings is 1. The van der Waals surface area contributed by atoms with Crippen LogP contribution in [0.2, 0.25) is 0 Å². The molecule has 5 aliphatic heterocycles. The van der Waals surface area contributed by atoms with Crippen LogP contribution < -0.4 is 10.6 Å². The van der Waals surface area contributed by atoms with Crippen molar-refractivity contribution in [1.82, 2.24) is 39.6 Å². The number of ether oxygens (including phenoxy) is 1. The molecule has 1 aromatic carbocycles. The van der Waals surface area contributed by atoms with Gasteiger partial charge in [0.05, 0.1) is 37.7 Å². The fourth-order valence-corrected chi connectivity index (χ4v) is 7.62. The lowest BCUT2D eigenvalue weighted by molar-refractivity contribution is -0.136. The zero-order chi connectivity index (χ0) is 35.2. The van der Waals surface area contributed by atoms with Crippen molar-refractivity contribution in [2.75, 3.05) is 44.7 Å². The maximum atomic E-state index is 14.2. The first-order chi connectivity index (χ1) is 24.7. The van der Waals surface area contributed by atoms with E-state index in [9.17, 15) is 28.0 Å². The number of nitrogens with zero attached hydrogens (tertiary/aromatic N) is 8. The van der Waals surface area contributed by atoms with Crippen LogP contribution in [0.25, 0.3) is 0 Å². The van der Waals surface area contributed by atoms with Gasteiger partial charge in [0.25, 0.3) is 18.2 Å². The van der Waals surface area contributed by atoms with Crippen molar-refractivity contribution in [1.29, 1.82) is 0 Å². The molecule has 2 aromatic heterocycles. The molecule has 4 amide bonds. The summed E-state index contributed by atoms with van der Waals surface area (Å²) in [5.41, 5.74) is 2.13. The number of amidine groups is 1. The molecule has 3 aromatic rings. The number of alkyl halides is 2. The van der Waals surface area contributed by atoms with E-state index in [1.165, 1.54) is 17.3 Å². The van der Waals surface area contributed by atoms with Crippen molar-refractivity contribution in [3.8, 4) is 0 Å². The molecule has 0 bridgehead atoms. The minimum Gasteiger partial charge on any atom is -0.378 e. The highest BCUT2D eigenvalue weighted by Gasteiger charge is 2.39. The number of amides is 4. The highest BCUT2D eigenvalue weighted by molar-refractivity contribution is 6.08. The van der Waals surface area contributed by atoms with Gasteiger partial charge in [0.2, 0.25) is 11.8 Å². The van der Waals surface area contributed by atoms with Crippen LogP contribution in [0.4, 0.5) is 20.3 Å². The molecule has 8 rings (SSSR count). The SMILES string of the molecule is O=C1CCC(N2Cc3cc(CN4CCC(n5cc(NC(=O)c6cnn7c6N=C(N6CCOCC6)CC7)c(C(F)F)n5)CC4)ccc3C2=O)C(=O)N1. The Hall–Kier alpha value is -5.03. The first-order valence-corrected chi connectivity index (χ1v) is 17.4. The second kappa shape index (κ2) is 13.6. The zero-order valence-corrected chi connectivity index (χ0v) is 27.9. The lowest BCUT2D eigenvalue weighted by Crippen LogP contribution is -2.52. The van der Waals surface area contributed by atoms with Gasteiger partial charge in [-0.15, -0.1) is 0 Å². The number of benzene rings is 1. The molecule has 7 heterocycles. The Morgan fingerprint density at radius 2 is 1.84 bits per heavy atom. The summed E-state index contributed by atoms with van der Waals surface area (Å²) in [6.45, 7) is 5.55. The predicted molar refractivity (Wildman–Crippen MR) is 178 cm³/mol. The number of carbonyl (C=O) groups is 4. The number of aliphatic imine (C=N–C) groups is 1. The average Bonchev–Trinajstić information content (AvgIpc) is 3.84. The van der Waals surface area contributed by atoms with Crippen LogP contribution in [0, 0.1) is 0 Å². The van der Waals surface area contributed by atoms with Gasteiger partial charge in [-0.2, -0.15) is 10.2 Å². The van der Waals surface area contributed by atoms with Gasteiger partial charge in [-0.05, 0) is 36.5 Å². The van der Waals surface area contributed by atoms with E-state index in [1.807, 2.05) is 12.1 Å². The largest absolute Gasteiger partial charge is 0.378 e. The molecule has 0 aliphatic carbocycles. The van der Waals surface area contributed by atoms with E-state index >= 15 is 0 Å². The topological polar surface area (TPSA) is 159 Å². The molecule has 5 aliphatic rings. The molecule has 268 valence electrons. The first-order valence-electron chi connectivity index (χ1n) is 17.4. The third-order valence-electron chi connectivity index (χ3n) is 10.4. The Balaban J connectivity index is 0.897. The first kappa shape index (κ1) is 33.1. The maximum absolute atomic E-state index is 14.2. The number of carbonyl (C=O) groups excluding carboxylic acids is 4. The number of nitrogens with one attached hydrogen (secondary N) is 2. The number of rotatable bonds is 7. The van der Waals surface area contributed by atoms with Gasteiger partial charge in [0.1, 0.15) is 17.4 Å². The van der Waals surface area contributed by atoms with Crippen molar-refractivity contribution < 1.29 is 32.7 Å². The Morgan fingerprint density at radius 3 is 2.61 bits per heavy atom. The summed E-state index contributed by atoms with van der Waals surface area (Å²) in [6.07, 6.45) is 2.56. The number of aromatic nitrogens is 4. The van der Waals surface area contributed by atoms with Crippen molar-refractivity contribution in [2.24, 2.45) is 4.99 Å². The second-order valence-corrected chi connectivity index (χ2v) is 13.5. The van der Waals surface area contributed by atoms with Gasteiger partial charge in [0, 0.05) is 63.9 Å². The van der Waals surface area contributed by atoms with Crippen LogP contribution in [-0.2, 0) is 34.0 Å². The number of hydrogen-bond acceptors (Lipinski definition) is 10. The molecule has 3 saturated heterocycles. The number of halogens is 2. The fraction of sp³-hybridized carbons (Fsp3) is 0.500. The molecule has 17 heteroatoms. The summed E-state index contributed by atoms with van der Waals surface area (Å²) in [5, 5.41) is 13.5. The third kappa shape index (κ3) is 6.51. The maximum Gasteiger partial charge on any atom is 0.284 e. The predicted octanol–water partition coefficient (Wildman–Crippen LogP) is 2.63. The van der Waals surface area contributed by atoms with Gasteiger partial charge in [-0.1, -0.05) is 12.1 Å². The molecule has 0 spiro atoms. The molecule has 2 N–H and O–H groups in total. The van der Waals surface area contributed by atoms with Gasteiger partial charge >= 0.3 is 0 Å². The normalized spacial score (nSPS) is 21.5. The molecule has 15 nitrogen and oxygen atoms in total. The Morgan fingerprint density at radius 1 is 1.04 bits per heavy atom. The summed E-state index contributed by atoms with van der Waals surface area (Å²) in [6, 6.07) is 4.92. The number of fused-ring (bicyclic) bond motifs is 2. The second-order valence-electron chi connectivity index (χ2n) is 13.5. The van der Waals surface area contributed by atoms with Crippen molar-refractivity contribution in [2.45, 2.75) is 70.2 Å². The van der Waals surface area contributed by atoms with E-state index < -0.39 is 30.0 Å². The minimum absolute atomic E-state index is 0.0374. The number of anilines is 1. The highest BCUT2D eigenvalue weighted by Crippen LogP contribution is 2.33. The number of hydrogen-bond donors (Lipinski definition) is 2. The quantitative estimate of drug-likeness (QED) is 0.353. The standard InChI is InChI=1S/C34H38F2N10O5/c35-30(36)29-25(38-32(48)24-16-37-45-10-7-27(39-31(24)45)43-11-13-51-14-12-43)19-46(41-29)22-5-8-42(9-6-22)17-20-1-2-23-21(15-20)18-44(34(23)50)26-3-4-28(47)40-33(26)49/h1-2,15-16,19,22,26,30H,3-14,17-18H2,(H,38,48)(H,40,47,49). The van der Waals surface area contributed by atoms with Gasteiger partial charge in [0.15, 0.2) is 11.5 Å². The van der Waals surface area contributed by atoms with E-state index in [0.717, 1.165) is 17.0 Å². The Bertz CT molecular complexity index is 1910. The third-order valence-corrected chi connectivity index (χ3v) is 10.4. The van der Waals surface area contributed by atoms with Crippen LogP contribution in [-0.4, -0.2) is 109 Å². The van der Waals surface area contributed by atoms with Gasteiger partial charge in [-0.25, -0.2) is 18.5 Å². The summed E-state index contributed by atoms with van der Waals surface area (Å²) < 4.78 is 37.0. The van der Waals surface area contributed by atoms with E-state index in [-0.39, 0.29) is 35.5 Å². The lowest BCUT2D eigenvalue weighted by atomic mass is 10.0. The van der Waals surface area contributed by atoms with Crippen LogP contribution in [0.15, 0.2) is 35.6 Å². The molecule has 3 fully saturated rings. The lowest BCUT2D eigenvalue weighted by Gasteiger charge is -2.32. The number of imide groups is 1.